The van der Waals surface area contributed by atoms with Crippen molar-refractivity contribution < 1.29 is 24.2 Å². The molecule has 1 amide bonds. The zero-order valence-electron chi connectivity index (χ0n) is 19.7. The smallest absolute Gasteiger partial charge is 0.335 e. The number of anilines is 1. The molecule has 1 aromatic heterocycles. The molecule has 0 bridgehead atoms. The maximum Gasteiger partial charge on any atom is 0.335 e. The summed E-state index contributed by atoms with van der Waals surface area (Å²) >= 11 is 0. The third kappa shape index (κ3) is 5.42. The van der Waals surface area contributed by atoms with Gasteiger partial charge >= 0.3 is 11.9 Å². The second-order valence-corrected chi connectivity index (χ2v) is 8.04. The van der Waals surface area contributed by atoms with E-state index in [9.17, 15) is 19.5 Å². The van der Waals surface area contributed by atoms with Crippen LogP contribution in [0.1, 0.15) is 24.1 Å². The molecule has 2 aromatic carbocycles. The Morgan fingerprint density at radius 2 is 1.72 bits per heavy atom. The first kappa shape index (κ1) is 24.6. The molecule has 1 atom stereocenters. The third-order valence-corrected chi connectivity index (χ3v) is 5.71. The monoisotopic (exact) mass is 486 g/mol. The zero-order valence-corrected chi connectivity index (χ0v) is 19.7. The SMILES string of the molecule is CCN1C(=O)C(Nc2cccnc2)=C(C(=O)O)C(c2ccccc2)N1CC(=O)OCc1ccccc1. The molecule has 3 aromatic rings. The van der Waals surface area contributed by atoms with E-state index >= 15 is 0 Å². The van der Waals surface area contributed by atoms with Crippen molar-refractivity contribution in [3.8, 4) is 0 Å². The van der Waals surface area contributed by atoms with Gasteiger partial charge < -0.3 is 15.2 Å². The molecule has 4 rings (SSSR count). The van der Waals surface area contributed by atoms with Crippen molar-refractivity contribution in [1.82, 2.24) is 15.0 Å². The Morgan fingerprint density at radius 1 is 1.03 bits per heavy atom. The van der Waals surface area contributed by atoms with Crippen molar-refractivity contribution in [2.45, 2.75) is 19.6 Å². The van der Waals surface area contributed by atoms with Crippen LogP contribution in [0.15, 0.2) is 96.5 Å². The Kier molecular flexibility index (Phi) is 7.72. The highest BCUT2D eigenvalue weighted by Gasteiger charge is 2.44. The summed E-state index contributed by atoms with van der Waals surface area (Å²) in [6.45, 7) is 1.72. The van der Waals surface area contributed by atoms with Gasteiger partial charge in [-0.3, -0.25) is 19.6 Å². The number of pyridine rings is 1. The summed E-state index contributed by atoms with van der Waals surface area (Å²) in [5, 5.41) is 16.0. The first-order valence-electron chi connectivity index (χ1n) is 11.5. The topological polar surface area (TPSA) is 112 Å². The molecule has 184 valence electrons. The Labute approximate surface area is 208 Å². The number of nitrogens with zero attached hydrogens (tertiary/aromatic N) is 3. The molecule has 0 fully saturated rings. The molecule has 2 heterocycles. The predicted molar refractivity (Wildman–Crippen MR) is 132 cm³/mol. The number of ether oxygens (including phenoxy) is 1. The maximum absolute atomic E-state index is 13.6. The molecule has 1 aliphatic rings. The van der Waals surface area contributed by atoms with E-state index in [1.807, 2.05) is 36.4 Å². The molecule has 0 saturated carbocycles. The standard InChI is InChI=1S/C27H26N4O5/c1-2-30-26(33)24(29-21-14-9-15-28-16-21)23(27(34)35)25(20-12-7-4-8-13-20)31(30)17-22(32)36-18-19-10-5-3-6-11-19/h3-16,25,29H,2,17-18H2,1H3,(H,34,35). The van der Waals surface area contributed by atoms with E-state index in [2.05, 4.69) is 10.3 Å². The lowest BCUT2D eigenvalue weighted by Crippen LogP contribution is -2.56. The fraction of sp³-hybridized carbons (Fsp3) is 0.185. The summed E-state index contributed by atoms with van der Waals surface area (Å²) in [6.07, 6.45) is 3.08. The molecule has 9 heteroatoms. The Morgan fingerprint density at radius 3 is 2.33 bits per heavy atom. The number of carboxylic acids is 1. The number of carbonyl (C=O) groups excluding carboxylic acids is 2. The first-order chi connectivity index (χ1) is 17.5. The number of likely N-dealkylation sites (N-methyl/N-ethyl adjacent to an activating group) is 1. The van der Waals surface area contributed by atoms with Crippen LogP contribution < -0.4 is 5.32 Å². The van der Waals surface area contributed by atoms with Crippen LogP contribution >= 0.6 is 0 Å². The van der Waals surface area contributed by atoms with Crippen LogP contribution in [0.3, 0.4) is 0 Å². The van der Waals surface area contributed by atoms with E-state index in [0.29, 0.717) is 11.3 Å². The number of aromatic nitrogens is 1. The Hall–Kier alpha value is -4.50. The second-order valence-electron chi connectivity index (χ2n) is 8.04. The number of aliphatic carboxylic acids is 1. The van der Waals surface area contributed by atoms with Crippen LogP contribution in [0.5, 0.6) is 0 Å². The highest BCUT2D eigenvalue weighted by molar-refractivity contribution is 6.06. The van der Waals surface area contributed by atoms with Crippen LogP contribution in [0.2, 0.25) is 0 Å². The van der Waals surface area contributed by atoms with Crippen LogP contribution in [0.25, 0.3) is 0 Å². The number of hydrazine groups is 1. The molecule has 0 spiro atoms. The molecular formula is C27H26N4O5. The van der Waals surface area contributed by atoms with Crippen LogP contribution in [-0.2, 0) is 25.7 Å². The van der Waals surface area contributed by atoms with E-state index in [4.69, 9.17) is 4.74 Å². The fourth-order valence-corrected chi connectivity index (χ4v) is 4.10. The summed E-state index contributed by atoms with van der Waals surface area (Å²) in [5.74, 6) is -2.43. The normalized spacial score (nSPS) is 16.1. The average molecular weight is 487 g/mol. The molecule has 1 unspecified atom stereocenters. The molecule has 9 nitrogen and oxygen atoms in total. The lowest BCUT2D eigenvalue weighted by Gasteiger charge is -2.44. The Bertz CT molecular complexity index is 1250. The number of carbonyl (C=O) groups is 3. The number of carboxylic acid groups (broad SMARTS) is 1. The molecule has 1 aliphatic heterocycles. The van der Waals surface area contributed by atoms with E-state index in [0.717, 1.165) is 5.56 Å². The molecule has 36 heavy (non-hydrogen) atoms. The number of benzene rings is 2. The number of esters is 1. The van der Waals surface area contributed by atoms with Gasteiger partial charge in [-0.2, -0.15) is 5.01 Å². The van der Waals surface area contributed by atoms with Crippen molar-refractivity contribution in [3.05, 3.63) is 108 Å². The summed E-state index contributed by atoms with van der Waals surface area (Å²) in [6, 6.07) is 20.6. The van der Waals surface area contributed by atoms with Crippen molar-refractivity contribution in [1.29, 1.82) is 0 Å². The lowest BCUT2D eigenvalue weighted by molar-refractivity contribution is -0.165. The lowest BCUT2D eigenvalue weighted by atomic mass is 9.93. The number of rotatable bonds is 9. The third-order valence-electron chi connectivity index (χ3n) is 5.71. The summed E-state index contributed by atoms with van der Waals surface area (Å²) in [5.41, 5.74) is 1.65. The van der Waals surface area contributed by atoms with Gasteiger partial charge in [-0.15, -0.1) is 0 Å². The minimum absolute atomic E-state index is 0.0685. The molecule has 2 N–H and O–H groups in total. The predicted octanol–water partition coefficient (Wildman–Crippen LogP) is 3.40. The largest absolute Gasteiger partial charge is 0.478 e. The molecule has 0 aliphatic carbocycles. The number of hydrogen-bond acceptors (Lipinski definition) is 7. The average Bonchev–Trinajstić information content (AvgIpc) is 2.90. The van der Waals surface area contributed by atoms with Gasteiger partial charge in [0.15, 0.2) is 0 Å². The van der Waals surface area contributed by atoms with Gasteiger partial charge in [0.1, 0.15) is 18.8 Å². The minimum atomic E-state index is -1.28. The second kappa shape index (κ2) is 11.3. The van der Waals surface area contributed by atoms with Gasteiger partial charge in [0, 0.05) is 12.7 Å². The first-order valence-corrected chi connectivity index (χ1v) is 11.5. The van der Waals surface area contributed by atoms with Gasteiger partial charge in [-0.05, 0) is 30.2 Å². The van der Waals surface area contributed by atoms with E-state index in [-0.39, 0.29) is 31.0 Å². The molecular weight excluding hydrogens is 460 g/mol. The van der Waals surface area contributed by atoms with Gasteiger partial charge in [-0.25, -0.2) is 4.79 Å². The number of nitrogens with one attached hydrogen (secondary N) is 1. The van der Waals surface area contributed by atoms with Gasteiger partial charge in [0.25, 0.3) is 5.91 Å². The Balaban J connectivity index is 1.73. The van der Waals surface area contributed by atoms with E-state index in [1.54, 1.807) is 49.5 Å². The van der Waals surface area contributed by atoms with Crippen LogP contribution in [-0.4, -0.2) is 51.0 Å². The van der Waals surface area contributed by atoms with Crippen LogP contribution in [0.4, 0.5) is 5.69 Å². The fourth-order valence-electron chi connectivity index (χ4n) is 4.10. The van der Waals surface area contributed by atoms with Crippen molar-refractivity contribution in [2.75, 3.05) is 18.4 Å². The van der Waals surface area contributed by atoms with E-state index in [1.165, 1.54) is 16.2 Å². The summed E-state index contributed by atoms with van der Waals surface area (Å²) in [7, 11) is 0. The maximum atomic E-state index is 13.6. The zero-order chi connectivity index (χ0) is 25.5. The van der Waals surface area contributed by atoms with Crippen LogP contribution in [0, 0.1) is 0 Å². The highest BCUT2D eigenvalue weighted by atomic mass is 16.5. The van der Waals surface area contributed by atoms with Crippen molar-refractivity contribution >= 4 is 23.5 Å². The molecule has 0 radical (unpaired) electrons. The summed E-state index contributed by atoms with van der Waals surface area (Å²) in [4.78, 5) is 43.1. The minimum Gasteiger partial charge on any atom is -0.478 e. The number of amides is 1. The van der Waals surface area contributed by atoms with Gasteiger partial charge in [0.05, 0.1) is 23.5 Å². The number of hydrogen-bond donors (Lipinski definition) is 2. The quantitative estimate of drug-likeness (QED) is 0.443. The van der Waals surface area contributed by atoms with Crippen molar-refractivity contribution in [3.63, 3.8) is 0 Å². The van der Waals surface area contributed by atoms with Crippen molar-refractivity contribution in [2.24, 2.45) is 0 Å². The molecule has 0 saturated heterocycles. The van der Waals surface area contributed by atoms with Gasteiger partial charge in [0.2, 0.25) is 0 Å². The highest BCUT2D eigenvalue weighted by Crippen LogP contribution is 2.37. The van der Waals surface area contributed by atoms with Gasteiger partial charge in [-0.1, -0.05) is 60.7 Å². The van der Waals surface area contributed by atoms with E-state index < -0.39 is 23.9 Å². The summed E-state index contributed by atoms with van der Waals surface area (Å²) < 4.78 is 5.46.